The minimum absolute atomic E-state index is 0.287. The number of halogens is 2. The third kappa shape index (κ3) is 4.89. The second kappa shape index (κ2) is 8.43. The Hall–Kier alpha value is -2.21. The second-order valence-electron chi connectivity index (χ2n) is 4.54. The van der Waals surface area contributed by atoms with Crippen molar-refractivity contribution in [3.8, 4) is 11.8 Å². The largest absolute Gasteiger partial charge is 0.490 e. The first kappa shape index (κ1) is 17.1. The lowest BCUT2D eigenvalue weighted by Gasteiger charge is -2.11. The van der Waals surface area contributed by atoms with Crippen LogP contribution in [0, 0.1) is 20.7 Å². The van der Waals surface area contributed by atoms with Crippen molar-refractivity contribution < 1.29 is 13.9 Å². The number of anilines is 1. The van der Waals surface area contributed by atoms with Gasteiger partial charge >= 0.3 is 0 Å². The van der Waals surface area contributed by atoms with Crippen molar-refractivity contribution in [2.45, 2.75) is 12.8 Å². The van der Waals surface area contributed by atoms with E-state index < -0.39 is 11.7 Å². The zero-order valence-electron chi connectivity index (χ0n) is 12.1. The highest BCUT2D eigenvalue weighted by atomic mass is 127. The molecule has 0 radical (unpaired) electrons. The summed E-state index contributed by atoms with van der Waals surface area (Å²) in [5, 5.41) is 11.2. The predicted octanol–water partition coefficient (Wildman–Crippen LogP) is 3.76. The van der Waals surface area contributed by atoms with E-state index in [0.29, 0.717) is 34.3 Å². The van der Waals surface area contributed by atoms with Crippen LogP contribution in [-0.2, 0) is 0 Å². The molecule has 7 heteroatoms. The van der Waals surface area contributed by atoms with Gasteiger partial charge in [-0.3, -0.25) is 4.79 Å². The van der Waals surface area contributed by atoms with Gasteiger partial charge in [0.25, 0.3) is 5.91 Å². The molecule has 1 N–H and O–H groups in total. The standard InChI is InChI=1S/C16H13FIN3O2/c17-11-5-6-12(13(18)10-11)16(22)21-15-14(4-3-8-20-15)23-9-2-1-7-19/h3-6,8,10H,1-2,9H2,(H,20,21,22). The molecule has 0 aliphatic rings. The van der Waals surface area contributed by atoms with Crippen molar-refractivity contribution in [2.24, 2.45) is 0 Å². The summed E-state index contributed by atoms with van der Waals surface area (Å²) in [6.07, 6.45) is 2.53. The molecule has 0 saturated carbocycles. The summed E-state index contributed by atoms with van der Waals surface area (Å²) in [6.45, 7) is 0.357. The van der Waals surface area contributed by atoms with Crippen LogP contribution in [0.3, 0.4) is 0 Å². The summed E-state index contributed by atoms with van der Waals surface area (Å²) in [7, 11) is 0. The van der Waals surface area contributed by atoms with E-state index in [1.807, 2.05) is 28.7 Å². The molecule has 0 saturated heterocycles. The van der Waals surface area contributed by atoms with Gasteiger partial charge in [0.1, 0.15) is 5.82 Å². The van der Waals surface area contributed by atoms with Crippen molar-refractivity contribution in [3.05, 3.63) is 51.5 Å². The second-order valence-corrected chi connectivity index (χ2v) is 5.70. The lowest BCUT2D eigenvalue weighted by molar-refractivity contribution is 0.102. The van der Waals surface area contributed by atoms with Gasteiger partial charge < -0.3 is 10.1 Å². The molecule has 0 unspecified atom stereocenters. The zero-order chi connectivity index (χ0) is 16.7. The number of nitrogens with zero attached hydrogens (tertiary/aromatic N) is 2. The van der Waals surface area contributed by atoms with E-state index in [2.05, 4.69) is 10.3 Å². The maximum absolute atomic E-state index is 13.1. The van der Waals surface area contributed by atoms with E-state index in [9.17, 15) is 9.18 Å². The van der Waals surface area contributed by atoms with Crippen LogP contribution in [0.25, 0.3) is 0 Å². The van der Waals surface area contributed by atoms with Gasteiger partial charge in [-0.15, -0.1) is 0 Å². The van der Waals surface area contributed by atoms with Gasteiger partial charge in [-0.25, -0.2) is 9.37 Å². The van der Waals surface area contributed by atoms with Crippen LogP contribution in [0.5, 0.6) is 5.75 Å². The summed E-state index contributed by atoms with van der Waals surface area (Å²) >= 11 is 1.90. The van der Waals surface area contributed by atoms with Gasteiger partial charge in [-0.2, -0.15) is 5.26 Å². The molecule has 2 aromatic rings. The van der Waals surface area contributed by atoms with E-state index >= 15 is 0 Å². The first-order chi connectivity index (χ1) is 11.1. The van der Waals surface area contributed by atoms with E-state index in [1.165, 1.54) is 24.4 Å². The molecule has 2 rings (SSSR count). The number of nitriles is 1. The van der Waals surface area contributed by atoms with Gasteiger partial charge in [-0.1, -0.05) is 0 Å². The van der Waals surface area contributed by atoms with E-state index in [1.54, 1.807) is 12.1 Å². The Kier molecular flexibility index (Phi) is 6.29. The number of unbranched alkanes of at least 4 members (excludes halogenated alkanes) is 1. The monoisotopic (exact) mass is 425 g/mol. The fourth-order valence-corrected chi connectivity index (χ4v) is 2.50. The third-order valence-electron chi connectivity index (χ3n) is 2.87. The Morgan fingerprint density at radius 2 is 2.26 bits per heavy atom. The van der Waals surface area contributed by atoms with Crippen LogP contribution in [0.2, 0.25) is 0 Å². The summed E-state index contributed by atoms with van der Waals surface area (Å²) in [6, 6.07) is 9.35. The van der Waals surface area contributed by atoms with E-state index in [0.717, 1.165) is 0 Å². The Morgan fingerprint density at radius 1 is 1.43 bits per heavy atom. The van der Waals surface area contributed by atoms with E-state index in [4.69, 9.17) is 10.00 Å². The number of nitrogens with one attached hydrogen (secondary N) is 1. The van der Waals surface area contributed by atoms with Crippen molar-refractivity contribution in [1.82, 2.24) is 4.98 Å². The van der Waals surface area contributed by atoms with Crippen molar-refractivity contribution in [1.29, 1.82) is 5.26 Å². The van der Waals surface area contributed by atoms with Crippen LogP contribution >= 0.6 is 22.6 Å². The molecule has 0 atom stereocenters. The number of carbonyl (C=O) groups is 1. The highest BCUT2D eigenvalue weighted by Gasteiger charge is 2.14. The Labute approximate surface area is 146 Å². The Balaban J connectivity index is 2.10. The number of aromatic nitrogens is 1. The number of hydrogen-bond donors (Lipinski definition) is 1. The third-order valence-corrected chi connectivity index (χ3v) is 3.76. The topological polar surface area (TPSA) is 75.0 Å². The van der Waals surface area contributed by atoms with E-state index in [-0.39, 0.29) is 5.82 Å². The fraction of sp³-hybridized carbons (Fsp3) is 0.188. The van der Waals surface area contributed by atoms with Crippen LogP contribution < -0.4 is 10.1 Å². The zero-order valence-corrected chi connectivity index (χ0v) is 14.2. The molecule has 1 aromatic carbocycles. The molecule has 0 spiro atoms. The maximum Gasteiger partial charge on any atom is 0.257 e. The average molecular weight is 425 g/mol. The molecule has 0 aliphatic heterocycles. The molecule has 0 aliphatic carbocycles. The van der Waals surface area contributed by atoms with Crippen molar-refractivity contribution >= 4 is 34.3 Å². The molecule has 5 nitrogen and oxygen atoms in total. The number of rotatable bonds is 6. The molecule has 1 aromatic heterocycles. The summed E-state index contributed by atoms with van der Waals surface area (Å²) in [5.41, 5.74) is 0.355. The van der Waals surface area contributed by atoms with Gasteiger partial charge in [-0.05, 0) is 59.3 Å². The molecular weight excluding hydrogens is 412 g/mol. The van der Waals surface area contributed by atoms with Crippen LogP contribution in [0.15, 0.2) is 36.5 Å². The summed E-state index contributed by atoms with van der Waals surface area (Å²) < 4.78 is 19.2. The first-order valence-corrected chi connectivity index (χ1v) is 7.91. The van der Waals surface area contributed by atoms with Gasteiger partial charge in [0.05, 0.1) is 18.2 Å². The number of carbonyl (C=O) groups excluding carboxylic acids is 1. The maximum atomic E-state index is 13.1. The molecule has 1 heterocycles. The van der Waals surface area contributed by atoms with Gasteiger partial charge in [0.15, 0.2) is 11.6 Å². The Morgan fingerprint density at radius 3 is 3.00 bits per heavy atom. The molecular formula is C16H13FIN3O2. The number of hydrogen-bond acceptors (Lipinski definition) is 4. The molecule has 23 heavy (non-hydrogen) atoms. The first-order valence-electron chi connectivity index (χ1n) is 6.83. The molecule has 0 fully saturated rings. The quantitative estimate of drug-likeness (QED) is 0.565. The number of pyridine rings is 1. The number of benzene rings is 1. The normalized spacial score (nSPS) is 9.96. The lowest BCUT2D eigenvalue weighted by Crippen LogP contribution is -2.15. The van der Waals surface area contributed by atoms with Crippen LogP contribution in [-0.4, -0.2) is 17.5 Å². The van der Waals surface area contributed by atoms with Gasteiger partial charge in [0.2, 0.25) is 0 Å². The van der Waals surface area contributed by atoms with Crippen LogP contribution in [0.4, 0.5) is 10.2 Å². The minimum Gasteiger partial charge on any atom is -0.490 e. The minimum atomic E-state index is -0.398. The molecule has 0 bridgehead atoms. The Bertz CT molecular complexity index is 746. The SMILES string of the molecule is N#CCCCOc1cccnc1NC(=O)c1ccc(F)cc1I. The highest BCUT2D eigenvalue weighted by molar-refractivity contribution is 14.1. The average Bonchev–Trinajstić information content (AvgIpc) is 2.53. The van der Waals surface area contributed by atoms with Crippen molar-refractivity contribution in [2.75, 3.05) is 11.9 Å². The predicted molar refractivity (Wildman–Crippen MR) is 91.6 cm³/mol. The number of amides is 1. The van der Waals surface area contributed by atoms with Gasteiger partial charge in [0, 0.05) is 16.2 Å². The highest BCUT2D eigenvalue weighted by Crippen LogP contribution is 2.23. The molecule has 1 amide bonds. The van der Waals surface area contributed by atoms with Crippen molar-refractivity contribution in [3.63, 3.8) is 0 Å². The lowest BCUT2D eigenvalue weighted by atomic mass is 10.2. The smallest absolute Gasteiger partial charge is 0.257 e. The molecule has 118 valence electrons. The summed E-state index contributed by atoms with van der Waals surface area (Å²) in [4.78, 5) is 16.4. The fourth-order valence-electron chi connectivity index (χ4n) is 1.78. The number of ether oxygens (including phenoxy) is 1. The van der Waals surface area contributed by atoms with Crippen LogP contribution in [0.1, 0.15) is 23.2 Å². The summed E-state index contributed by atoms with van der Waals surface area (Å²) in [5.74, 6) is -0.0780.